The van der Waals surface area contributed by atoms with Crippen molar-refractivity contribution in [1.82, 2.24) is 24.9 Å². The average Bonchev–Trinajstić information content (AvgIpc) is 3.06. The molecule has 4 rings (SSSR count). The number of hydrogen-bond donors (Lipinski definition) is 2. The Bertz CT molecular complexity index is 919. The third-order valence-corrected chi connectivity index (χ3v) is 6.47. The first kappa shape index (κ1) is 21.0. The standard InChI is InChI=1S/C20H27F3N6O/c1-12-2-4-19(24,5-3-12)8-16-11-29-18(27-16)26-10-15(28-29)7-13-6-14(20(21,22)23)9-25-17(13)30/h10-14H,2-9,24H2,1H3,(H,25,30)/t12?,13-,14-,19?/m1/s1. The van der Waals surface area contributed by atoms with Gasteiger partial charge < -0.3 is 11.1 Å². The number of piperidine rings is 1. The molecule has 2 fully saturated rings. The second-order valence-corrected chi connectivity index (χ2v) is 9.07. The minimum Gasteiger partial charge on any atom is -0.355 e. The number of nitrogens with two attached hydrogens (primary N) is 1. The van der Waals surface area contributed by atoms with Crippen LogP contribution in [0.1, 0.15) is 50.4 Å². The Morgan fingerprint density at radius 2 is 2.03 bits per heavy atom. The number of nitrogens with zero attached hydrogens (tertiary/aromatic N) is 4. The van der Waals surface area contributed by atoms with Gasteiger partial charge in [0.25, 0.3) is 5.78 Å². The van der Waals surface area contributed by atoms with E-state index in [1.165, 1.54) is 10.7 Å². The monoisotopic (exact) mass is 424 g/mol. The normalized spacial score (nSPS) is 30.4. The molecule has 1 amide bonds. The number of aromatic nitrogens is 4. The summed E-state index contributed by atoms with van der Waals surface area (Å²) in [6.45, 7) is 1.87. The van der Waals surface area contributed by atoms with Crippen molar-refractivity contribution < 1.29 is 18.0 Å². The van der Waals surface area contributed by atoms with Crippen LogP contribution in [-0.4, -0.2) is 43.7 Å². The van der Waals surface area contributed by atoms with Gasteiger partial charge >= 0.3 is 6.18 Å². The lowest BCUT2D eigenvalue weighted by Gasteiger charge is -2.35. The molecular formula is C20H27F3N6O. The molecule has 7 nitrogen and oxygen atoms in total. The second-order valence-electron chi connectivity index (χ2n) is 9.07. The predicted octanol–water partition coefficient (Wildman–Crippen LogP) is 2.43. The van der Waals surface area contributed by atoms with Crippen molar-refractivity contribution in [3.05, 3.63) is 23.8 Å². The molecule has 3 N–H and O–H groups in total. The average molecular weight is 424 g/mol. The number of hydrogen-bond acceptors (Lipinski definition) is 5. The lowest BCUT2D eigenvalue weighted by atomic mass is 9.75. The van der Waals surface area contributed by atoms with Crippen LogP contribution in [-0.2, 0) is 17.6 Å². The molecule has 0 unspecified atom stereocenters. The summed E-state index contributed by atoms with van der Waals surface area (Å²) in [7, 11) is 0. The van der Waals surface area contributed by atoms with Gasteiger partial charge in [0.05, 0.1) is 29.7 Å². The smallest absolute Gasteiger partial charge is 0.355 e. The lowest BCUT2D eigenvalue weighted by molar-refractivity contribution is -0.183. The molecule has 1 saturated carbocycles. The van der Waals surface area contributed by atoms with Crippen LogP contribution in [0.5, 0.6) is 0 Å². The van der Waals surface area contributed by atoms with Crippen LogP contribution < -0.4 is 11.1 Å². The number of halogens is 3. The van der Waals surface area contributed by atoms with E-state index in [-0.39, 0.29) is 30.8 Å². The van der Waals surface area contributed by atoms with Crippen molar-refractivity contribution in [3.8, 4) is 0 Å². The highest BCUT2D eigenvalue weighted by Crippen LogP contribution is 2.34. The number of carbonyl (C=O) groups excluding carboxylic acids is 1. The summed E-state index contributed by atoms with van der Waals surface area (Å²) in [4.78, 5) is 20.8. The summed E-state index contributed by atoms with van der Waals surface area (Å²) >= 11 is 0. The van der Waals surface area contributed by atoms with E-state index in [1.54, 1.807) is 6.20 Å². The maximum Gasteiger partial charge on any atom is 0.393 e. The van der Waals surface area contributed by atoms with Crippen LogP contribution in [0, 0.1) is 17.8 Å². The number of alkyl halides is 3. The van der Waals surface area contributed by atoms with Gasteiger partial charge in [-0.3, -0.25) is 4.79 Å². The molecule has 1 saturated heterocycles. The van der Waals surface area contributed by atoms with Gasteiger partial charge in [-0.05, 0) is 38.0 Å². The molecule has 10 heteroatoms. The van der Waals surface area contributed by atoms with Crippen LogP contribution in [0.3, 0.4) is 0 Å². The topological polar surface area (TPSA) is 98.2 Å². The van der Waals surface area contributed by atoms with Gasteiger partial charge in [0.15, 0.2) is 0 Å². The zero-order chi connectivity index (χ0) is 21.5. The Kier molecular flexibility index (Phi) is 5.46. The molecule has 0 radical (unpaired) electrons. The zero-order valence-electron chi connectivity index (χ0n) is 17.0. The Hall–Kier alpha value is -2.23. The van der Waals surface area contributed by atoms with Crippen LogP contribution in [0.25, 0.3) is 5.78 Å². The first-order valence-electron chi connectivity index (χ1n) is 10.4. The molecule has 30 heavy (non-hydrogen) atoms. The van der Waals surface area contributed by atoms with Crippen LogP contribution in [0.4, 0.5) is 13.2 Å². The number of amides is 1. The van der Waals surface area contributed by atoms with Crippen LogP contribution >= 0.6 is 0 Å². The van der Waals surface area contributed by atoms with Crippen molar-refractivity contribution >= 4 is 11.7 Å². The molecule has 0 aromatic carbocycles. The van der Waals surface area contributed by atoms with Gasteiger partial charge in [-0.1, -0.05) is 6.92 Å². The maximum atomic E-state index is 13.0. The third kappa shape index (κ3) is 4.58. The van der Waals surface area contributed by atoms with Crippen LogP contribution in [0.2, 0.25) is 0 Å². The molecule has 2 aliphatic rings. The quantitative estimate of drug-likeness (QED) is 0.786. The van der Waals surface area contributed by atoms with E-state index >= 15 is 0 Å². The molecule has 1 aliphatic heterocycles. The highest BCUT2D eigenvalue weighted by atomic mass is 19.4. The Morgan fingerprint density at radius 3 is 2.73 bits per heavy atom. The fraction of sp³-hybridized carbons (Fsp3) is 0.700. The van der Waals surface area contributed by atoms with Gasteiger partial charge in [0.2, 0.25) is 5.91 Å². The van der Waals surface area contributed by atoms with Crippen molar-refractivity contribution in [2.24, 2.45) is 23.5 Å². The minimum atomic E-state index is -4.32. The van der Waals surface area contributed by atoms with E-state index in [4.69, 9.17) is 5.73 Å². The number of imidazole rings is 1. The van der Waals surface area contributed by atoms with Crippen molar-refractivity contribution in [3.63, 3.8) is 0 Å². The Balaban J connectivity index is 1.46. The first-order chi connectivity index (χ1) is 14.1. The second kappa shape index (κ2) is 7.79. The summed E-state index contributed by atoms with van der Waals surface area (Å²) < 4.78 is 40.6. The van der Waals surface area contributed by atoms with Crippen molar-refractivity contribution in [1.29, 1.82) is 0 Å². The van der Waals surface area contributed by atoms with Crippen LogP contribution in [0.15, 0.2) is 12.4 Å². The van der Waals surface area contributed by atoms with Gasteiger partial charge in [0.1, 0.15) is 0 Å². The van der Waals surface area contributed by atoms with Gasteiger partial charge in [-0.2, -0.15) is 18.3 Å². The van der Waals surface area contributed by atoms with E-state index in [1.807, 2.05) is 0 Å². The molecule has 2 aromatic rings. The third-order valence-electron chi connectivity index (χ3n) is 6.47. The fourth-order valence-electron chi connectivity index (χ4n) is 4.50. The highest BCUT2D eigenvalue weighted by molar-refractivity contribution is 5.79. The molecule has 0 spiro atoms. The number of carbonyl (C=O) groups is 1. The number of nitrogens with one attached hydrogen (secondary N) is 1. The predicted molar refractivity (Wildman–Crippen MR) is 103 cm³/mol. The fourth-order valence-corrected chi connectivity index (χ4v) is 4.50. The SMILES string of the molecule is CC1CCC(N)(Cc2cn3nc(C[C@H]4C[C@@H](C(F)(F)F)CNC4=O)cnc3n2)CC1. The molecule has 164 valence electrons. The van der Waals surface area contributed by atoms with Gasteiger partial charge in [0, 0.05) is 30.8 Å². The number of rotatable bonds is 4. The molecule has 1 aliphatic carbocycles. The van der Waals surface area contributed by atoms with Gasteiger partial charge in [-0.15, -0.1) is 0 Å². The lowest BCUT2D eigenvalue weighted by Crippen LogP contribution is -2.47. The Morgan fingerprint density at radius 1 is 1.30 bits per heavy atom. The van der Waals surface area contributed by atoms with Crippen molar-refractivity contribution in [2.45, 2.75) is 63.6 Å². The number of fused-ring (bicyclic) bond motifs is 1. The minimum absolute atomic E-state index is 0.105. The van der Waals surface area contributed by atoms with E-state index in [0.717, 1.165) is 31.4 Å². The maximum absolute atomic E-state index is 13.0. The summed E-state index contributed by atoms with van der Waals surface area (Å²) in [5.41, 5.74) is 7.55. The summed E-state index contributed by atoms with van der Waals surface area (Å²) in [6.07, 6.45) is 3.55. The largest absolute Gasteiger partial charge is 0.393 e. The summed E-state index contributed by atoms with van der Waals surface area (Å²) in [5.74, 6) is -1.57. The first-order valence-corrected chi connectivity index (χ1v) is 10.4. The Labute approximate surface area is 172 Å². The van der Waals surface area contributed by atoms with Crippen molar-refractivity contribution in [2.75, 3.05) is 6.54 Å². The molecular weight excluding hydrogens is 397 g/mol. The summed E-state index contributed by atoms with van der Waals surface area (Å²) in [5, 5.41) is 6.79. The highest BCUT2D eigenvalue weighted by Gasteiger charge is 2.44. The van der Waals surface area contributed by atoms with E-state index in [9.17, 15) is 18.0 Å². The van der Waals surface area contributed by atoms with E-state index in [2.05, 4.69) is 27.3 Å². The van der Waals surface area contributed by atoms with E-state index < -0.39 is 18.0 Å². The molecule has 2 aromatic heterocycles. The molecule has 0 bridgehead atoms. The summed E-state index contributed by atoms with van der Waals surface area (Å²) in [6, 6.07) is 0. The van der Waals surface area contributed by atoms with Gasteiger partial charge in [-0.25, -0.2) is 14.5 Å². The zero-order valence-corrected chi connectivity index (χ0v) is 17.0. The van der Waals surface area contributed by atoms with E-state index in [0.29, 0.717) is 23.8 Å². The molecule has 3 heterocycles. The molecule has 2 atom stereocenters.